The van der Waals surface area contributed by atoms with Crippen LogP contribution in [0.2, 0.25) is 0 Å². The van der Waals surface area contributed by atoms with E-state index in [-0.39, 0.29) is 23.4 Å². The van der Waals surface area contributed by atoms with Gasteiger partial charge in [-0.05, 0) is 6.07 Å². The molecule has 108 valence electrons. The van der Waals surface area contributed by atoms with Crippen LogP contribution in [0.1, 0.15) is 11.3 Å². The first-order valence-electron chi connectivity index (χ1n) is 5.82. The van der Waals surface area contributed by atoms with Crippen LogP contribution in [0.15, 0.2) is 42.6 Å². The first kappa shape index (κ1) is 14.3. The fourth-order valence-electron chi connectivity index (χ4n) is 1.81. The number of nitro groups is 1. The van der Waals surface area contributed by atoms with Gasteiger partial charge in [0.05, 0.1) is 11.3 Å². The van der Waals surface area contributed by atoms with E-state index in [0.29, 0.717) is 10.4 Å². The molecule has 2 rings (SSSR count). The van der Waals surface area contributed by atoms with Crippen molar-refractivity contribution in [2.24, 2.45) is 0 Å². The van der Waals surface area contributed by atoms with Crippen molar-refractivity contribution in [3.8, 4) is 5.75 Å². The summed E-state index contributed by atoms with van der Waals surface area (Å²) in [4.78, 5) is 20.8. The highest BCUT2D eigenvalue weighted by Crippen LogP contribution is 2.26. The summed E-state index contributed by atoms with van der Waals surface area (Å²) in [6, 6.07) is 8.23. The third kappa shape index (κ3) is 3.44. The van der Waals surface area contributed by atoms with Crippen molar-refractivity contribution in [3.63, 3.8) is 0 Å². The van der Waals surface area contributed by atoms with Crippen molar-refractivity contribution in [1.29, 1.82) is 0 Å². The van der Waals surface area contributed by atoms with Crippen molar-refractivity contribution in [1.82, 2.24) is 0 Å². The third-order valence-corrected chi connectivity index (χ3v) is 2.73. The first-order valence-corrected chi connectivity index (χ1v) is 5.82. The van der Waals surface area contributed by atoms with Gasteiger partial charge in [-0.15, -0.1) is 0 Å². The van der Waals surface area contributed by atoms with Gasteiger partial charge in [-0.2, -0.15) is 4.73 Å². The molecule has 0 unspecified atom stereocenters. The molecule has 0 aliphatic heterocycles. The van der Waals surface area contributed by atoms with Crippen LogP contribution in [0.5, 0.6) is 5.75 Å². The quantitative estimate of drug-likeness (QED) is 0.229. The molecule has 1 heterocycles. The molecule has 0 aliphatic rings. The number of ether oxygens (including phenoxy) is 1. The summed E-state index contributed by atoms with van der Waals surface area (Å²) in [5.74, 6) is -0.0445. The van der Waals surface area contributed by atoms with E-state index < -0.39 is 11.1 Å². The van der Waals surface area contributed by atoms with Gasteiger partial charge in [-0.3, -0.25) is 10.1 Å². The lowest BCUT2D eigenvalue weighted by molar-refractivity contribution is -0.613. The second-order valence-corrected chi connectivity index (χ2v) is 4.11. The molecule has 0 spiro atoms. The Morgan fingerprint density at radius 3 is 2.71 bits per heavy atom. The fraction of sp³-hybridized carbons (Fsp3) is 0.0769. The molecule has 21 heavy (non-hydrogen) atoms. The summed E-state index contributed by atoms with van der Waals surface area (Å²) >= 11 is 0. The number of benzene rings is 1. The highest BCUT2D eigenvalue weighted by molar-refractivity contribution is 5.62. The van der Waals surface area contributed by atoms with Gasteiger partial charge in [0.25, 0.3) is 5.69 Å². The zero-order chi connectivity index (χ0) is 15.4. The summed E-state index contributed by atoms with van der Waals surface area (Å²) in [5.41, 5.74) is 0.340. The number of carboxylic acid groups (broad SMARTS) is 1. The van der Waals surface area contributed by atoms with Crippen LogP contribution >= 0.6 is 0 Å². The number of non-ortho nitro benzene ring substituents is 1. The van der Waals surface area contributed by atoms with Crippen LogP contribution in [-0.4, -0.2) is 16.2 Å². The maximum atomic E-state index is 11.6. The van der Waals surface area contributed by atoms with E-state index in [1.54, 1.807) is 12.1 Å². The average molecular weight is 290 g/mol. The molecular weight excluding hydrogens is 280 g/mol. The maximum Gasteiger partial charge on any atom is 0.511 e. The van der Waals surface area contributed by atoms with Gasteiger partial charge >= 0.3 is 6.16 Å². The average Bonchev–Trinajstić information content (AvgIpc) is 2.42. The Morgan fingerprint density at radius 2 is 2.10 bits per heavy atom. The highest BCUT2D eigenvalue weighted by atomic mass is 16.7. The lowest BCUT2D eigenvalue weighted by Crippen LogP contribution is -2.31. The van der Waals surface area contributed by atoms with Crippen LogP contribution in [0.3, 0.4) is 0 Å². The minimum absolute atomic E-state index is 0.00856. The van der Waals surface area contributed by atoms with Crippen LogP contribution in [0.4, 0.5) is 10.5 Å². The molecular formula is C13H10N2O6. The molecule has 0 radical (unpaired) electrons. The summed E-state index contributed by atoms with van der Waals surface area (Å²) in [7, 11) is 0. The molecule has 0 saturated heterocycles. The summed E-state index contributed by atoms with van der Waals surface area (Å²) in [6.45, 7) is 0. The molecule has 0 saturated carbocycles. The fourth-order valence-corrected chi connectivity index (χ4v) is 1.81. The molecule has 8 nitrogen and oxygen atoms in total. The first-order chi connectivity index (χ1) is 9.97. The molecule has 2 aromatic rings. The Balaban J connectivity index is 2.43. The molecule has 0 bridgehead atoms. The van der Waals surface area contributed by atoms with E-state index >= 15 is 0 Å². The molecule has 0 aliphatic carbocycles. The van der Waals surface area contributed by atoms with E-state index in [4.69, 9.17) is 5.11 Å². The minimum Gasteiger partial charge on any atom is -0.618 e. The third-order valence-electron chi connectivity index (χ3n) is 2.73. The number of pyridine rings is 1. The second-order valence-electron chi connectivity index (χ2n) is 4.11. The van der Waals surface area contributed by atoms with Gasteiger partial charge in [0, 0.05) is 29.8 Å². The molecule has 0 amide bonds. The molecule has 8 heteroatoms. The summed E-state index contributed by atoms with van der Waals surface area (Å²) in [6.07, 6.45) is -0.243. The Hall–Kier alpha value is -3.16. The molecule has 1 N–H and O–H groups in total. The van der Waals surface area contributed by atoms with Gasteiger partial charge in [0.15, 0.2) is 11.9 Å². The lowest BCUT2D eigenvalue weighted by atomic mass is 10.1. The topological polar surface area (TPSA) is 117 Å². The zero-order valence-corrected chi connectivity index (χ0v) is 10.6. The second kappa shape index (κ2) is 5.87. The van der Waals surface area contributed by atoms with E-state index in [1.807, 2.05) is 0 Å². The van der Waals surface area contributed by atoms with Crippen LogP contribution in [0, 0.1) is 15.3 Å². The number of carbonyl (C=O) groups is 1. The predicted molar refractivity (Wildman–Crippen MR) is 70.0 cm³/mol. The van der Waals surface area contributed by atoms with Crippen molar-refractivity contribution in [2.45, 2.75) is 6.42 Å². The monoisotopic (exact) mass is 290 g/mol. The van der Waals surface area contributed by atoms with Gasteiger partial charge in [-0.1, -0.05) is 6.07 Å². The van der Waals surface area contributed by atoms with Crippen LogP contribution in [0.25, 0.3) is 0 Å². The largest absolute Gasteiger partial charge is 0.618 e. The summed E-state index contributed by atoms with van der Waals surface area (Å²) < 4.78 is 5.18. The SMILES string of the molecule is O=C(O)Oc1ccc([N+](=O)[O-])cc1Cc1cccc[n+]1[O-]. The molecule has 1 aromatic heterocycles. The van der Waals surface area contributed by atoms with Gasteiger partial charge in [0.2, 0.25) is 0 Å². The van der Waals surface area contributed by atoms with Crippen molar-refractivity contribution in [3.05, 3.63) is 69.2 Å². The zero-order valence-electron chi connectivity index (χ0n) is 10.6. The number of nitrogens with zero attached hydrogens (tertiary/aromatic N) is 2. The van der Waals surface area contributed by atoms with Gasteiger partial charge < -0.3 is 15.1 Å². The van der Waals surface area contributed by atoms with Crippen molar-refractivity contribution >= 4 is 11.8 Å². The predicted octanol–water partition coefficient (Wildman–Crippen LogP) is 1.88. The van der Waals surface area contributed by atoms with Gasteiger partial charge in [-0.25, -0.2) is 4.79 Å². The summed E-state index contributed by atoms with van der Waals surface area (Å²) in [5, 5.41) is 31.1. The number of rotatable bonds is 4. The Kier molecular flexibility index (Phi) is 3.98. The van der Waals surface area contributed by atoms with E-state index in [1.165, 1.54) is 24.4 Å². The molecule has 1 aromatic carbocycles. The maximum absolute atomic E-state index is 11.6. The molecule has 0 fully saturated rings. The normalized spacial score (nSPS) is 10.1. The standard InChI is InChI=1S/C13H10N2O6/c16-13(17)21-12-5-4-11(15(19)20)8-9(12)7-10-3-1-2-6-14(10)18/h1-6,8H,7H2,(H,16,17). The van der Waals surface area contributed by atoms with E-state index in [0.717, 1.165) is 6.07 Å². The van der Waals surface area contributed by atoms with E-state index in [9.17, 15) is 20.1 Å². The number of nitro benzene ring substituents is 1. The van der Waals surface area contributed by atoms with E-state index in [2.05, 4.69) is 4.74 Å². The van der Waals surface area contributed by atoms with Crippen LogP contribution in [-0.2, 0) is 6.42 Å². The minimum atomic E-state index is -1.53. The number of hydrogen-bond acceptors (Lipinski definition) is 5. The van der Waals surface area contributed by atoms with Crippen molar-refractivity contribution < 1.29 is 24.3 Å². The number of hydrogen-bond donors (Lipinski definition) is 1. The smallest absolute Gasteiger partial charge is 0.511 e. The van der Waals surface area contributed by atoms with Crippen LogP contribution < -0.4 is 9.47 Å². The highest BCUT2D eigenvalue weighted by Gasteiger charge is 2.17. The molecule has 0 atom stereocenters. The van der Waals surface area contributed by atoms with Crippen molar-refractivity contribution in [2.75, 3.05) is 0 Å². The Labute approximate surface area is 118 Å². The number of aromatic nitrogens is 1. The van der Waals surface area contributed by atoms with Gasteiger partial charge in [0.1, 0.15) is 5.75 Å². The Morgan fingerprint density at radius 1 is 1.33 bits per heavy atom. The Bertz CT molecular complexity index is 701. The lowest BCUT2D eigenvalue weighted by Gasteiger charge is -2.08.